The molecule has 0 spiro atoms. The standard InChI is InChI=1S/C15H20ClNO4S/c1-5-21-14(18)8-22-10(3)15(19)17-12-6-9(2)11(16)7-13(12)20-4/h6-7,10H,5,8H2,1-4H3,(H,17,19)/t10-/m0/s1. The van der Waals surface area contributed by atoms with E-state index in [2.05, 4.69) is 5.32 Å². The number of hydrogen-bond donors (Lipinski definition) is 1. The molecule has 5 nitrogen and oxygen atoms in total. The van der Waals surface area contributed by atoms with Crippen LogP contribution in [0.2, 0.25) is 5.02 Å². The maximum atomic E-state index is 12.2. The zero-order valence-corrected chi connectivity index (χ0v) is 14.6. The van der Waals surface area contributed by atoms with Crippen molar-refractivity contribution in [3.05, 3.63) is 22.7 Å². The van der Waals surface area contributed by atoms with Gasteiger partial charge in [0, 0.05) is 11.1 Å². The lowest BCUT2D eigenvalue weighted by Gasteiger charge is -2.15. The van der Waals surface area contributed by atoms with Gasteiger partial charge in [-0.3, -0.25) is 9.59 Å². The summed E-state index contributed by atoms with van der Waals surface area (Å²) in [7, 11) is 1.51. The Bertz CT molecular complexity index is 551. The zero-order chi connectivity index (χ0) is 16.7. The topological polar surface area (TPSA) is 64.6 Å². The molecule has 0 fully saturated rings. The van der Waals surface area contributed by atoms with E-state index in [0.29, 0.717) is 23.1 Å². The van der Waals surface area contributed by atoms with Crippen molar-refractivity contribution in [1.29, 1.82) is 0 Å². The molecule has 1 rings (SSSR count). The summed E-state index contributed by atoms with van der Waals surface area (Å²) in [4.78, 5) is 23.5. The number of anilines is 1. The number of aryl methyl sites for hydroxylation is 1. The molecule has 22 heavy (non-hydrogen) atoms. The van der Waals surface area contributed by atoms with Crippen molar-refractivity contribution < 1.29 is 19.1 Å². The average molecular weight is 346 g/mol. The molecule has 0 aliphatic carbocycles. The molecule has 0 aromatic heterocycles. The predicted octanol–water partition coefficient (Wildman–Crippen LogP) is 3.28. The maximum Gasteiger partial charge on any atom is 0.315 e. The summed E-state index contributed by atoms with van der Waals surface area (Å²) in [5, 5.41) is 2.96. The normalized spacial score (nSPS) is 11.7. The lowest BCUT2D eigenvalue weighted by Crippen LogP contribution is -2.24. The molecule has 0 aliphatic heterocycles. The second kappa shape index (κ2) is 8.90. The van der Waals surface area contributed by atoms with Gasteiger partial charge in [0.15, 0.2) is 0 Å². The van der Waals surface area contributed by atoms with Crippen LogP contribution in [0.15, 0.2) is 12.1 Å². The van der Waals surface area contributed by atoms with Crippen molar-refractivity contribution >= 4 is 40.9 Å². The van der Waals surface area contributed by atoms with Crippen molar-refractivity contribution in [3.63, 3.8) is 0 Å². The summed E-state index contributed by atoms with van der Waals surface area (Å²) in [5.41, 5.74) is 1.39. The first-order valence-corrected chi connectivity index (χ1v) is 8.23. The van der Waals surface area contributed by atoms with Crippen molar-refractivity contribution in [2.24, 2.45) is 0 Å². The molecule has 0 saturated heterocycles. The summed E-state index contributed by atoms with van der Waals surface area (Å²) in [6.45, 7) is 5.65. The first kappa shape index (κ1) is 18.6. The third-order valence-corrected chi connectivity index (χ3v) is 4.39. The molecule has 1 amide bonds. The Morgan fingerprint density at radius 2 is 2.09 bits per heavy atom. The number of hydrogen-bond acceptors (Lipinski definition) is 5. The fraction of sp³-hybridized carbons (Fsp3) is 0.467. The molecule has 1 N–H and O–H groups in total. The van der Waals surface area contributed by atoms with Gasteiger partial charge < -0.3 is 14.8 Å². The number of benzene rings is 1. The first-order chi connectivity index (χ1) is 10.4. The number of esters is 1. The minimum atomic E-state index is -0.398. The number of ether oxygens (including phenoxy) is 2. The van der Waals surface area contributed by atoms with Crippen LogP contribution in [-0.4, -0.2) is 36.6 Å². The number of halogens is 1. The zero-order valence-electron chi connectivity index (χ0n) is 13.1. The van der Waals surface area contributed by atoms with Gasteiger partial charge in [0.1, 0.15) is 5.75 Å². The molecule has 7 heteroatoms. The van der Waals surface area contributed by atoms with Gasteiger partial charge in [-0.1, -0.05) is 11.6 Å². The molecular formula is C15H20ClNO4S. The Hall–Kier alpha value is -1.40. The molecule has 1 aromatic carbocycles. The van der Waals surface area contributed by atoms with E-state index in [1.54, 1.807) is 26.0 Å². The van der Waals surface area contributed by atoms with Gasteiger partial charge in [0.2, 0.25) is 5.91 Å². The van der Waals surface area contributed by atoms with Crippen molar-refractivity contribution in [3.8, 4) is 5.75 Å². The highest BCUT2D eigenvalue weighted by Gasteiger charge is 2.18. The van der Waals surface area contributed by atoms with Gasteiger partial charge in [-0.05, 0) is 32.4 Å². The Morgan fingerprint density at radius 3 is 2.68 bits per heavy atom. The summed E-state index contributed by atoms with van der Waals surface area (Å²) in [6, 6.07) is 3.41. The SMILES string of the molecule is CCOC(=O)CS[C@@H](C)C(=O)Nc1cc(C)c(Cl)cc1OC. The molecule has 1 aromatic rings. The van der Waals surface area contributed by atoms with Crippen LogP contribution in [0, 0.1) is 6.92 Å². The molecule has 122 valence electrons. The Kier molecular flexibility index (Phi) is 7.55. The fourth-order valence-electron chi connectivity index (χ4n) is 1.64. The van der Waals surface area contributed by atoms with Gasteiger partial charge in [-0.25, -0.2) is 0 Å². The van der Waals surface area contributed by atoms with Crippen LogP contribution in [0.3, 0.4) is 0 Å². The fourth-order valence-corrected chi connectivity index (χ4v) is 2.47. The van der Waals surface area contributed by atoms with Crippen LogP contribution >= 0.6 is 23.4 Å². The number of amides is 1. The molecule has 1 atom stereocenters. The van der Waals surface area contributed by atoms with E-state index in [1.165, 1.54) is 18.9 Å². The van der Waals surface area contributed by atoms with E-state index < -0.39 is 5.25 Å². The largest absolute Gasteiger partial charge is 0.495 e. The van der Waals surface area contributed by atoms with Gasteiger partial charge >= 0.3 is 5.97 Å². The van der Waals surface area contributed by atoms with E-state index >= 15 is 0 Å². The summed E-state index contributed by atoms with van der Waals surface area (Å²) in [5.74, 6) is 0.0899. The highest BCUT2D eigenvalue weighted by molar-refractivity contribution is 8.01. The summed E-state index contributed by atoms with van der Waals surface area (Å²) >= 11 is 7.25. The predicted molar refractivity (Wildman–Crippen MR) is 89.9 cm³/mol. The number of methoxy groups -OCH3 is 1. The number of thioether (sulfide) groups is 1. The molecule has 0 aliphatic rings. The molecule has 0 saturated carbocycles. The van der Waals surface area contributed by atoms with Crippen LogP contribution in [0.5, 0.6) is 5.75 Å². The molecule has 0 unspecified atom stereocenters. The number of nitrogens with one attached hydrogen (secondary N) is 1. The lowest BCUT2D eigenvalue weighted by molar-refractivity contribution is -0.139. The second-order valence-corrected chi connectivity index (χ2v) is 6.29. The van der Waals surface area contributed by atoms with E-state index in [0.717, 1.165) is 5.56 Å². The Morgan fingerprint density at radius 1 is 1.41 bits per heavy atom. The first-order valence-electron chi connectivity index (χ1n) is 6.81. The monoisotopic (exact) mass is 345 g/mol. The smallest absolute Gasteiger partial charge is 0.315 e. The number of carbonyl (C=O) groups is 2. The summed E-state index contributed by atoms with van der Waals surface area (Å²) in [6.07, 6.45) is 0. The lowest BCUT2D eigenvalue weighted by atomic mass is 10.2. The number of carbonyl (C=O) groups excluding carboxylic acids is 2. The van der Waals surface area contributed by atoms with Crippen molar-refractivity contribution in [2.75, 3.05) is 24.8 Å². The van der Waals surface area contributed by atoms with Gasteiger partial charge in [-0.15, -0.1) is 11.8 Å². The highest BCUT2D eigenvalue weighted by Crippen LogP contribution is 2.31. The van der Waals surface area contributed by atoms with Gasteiger partial charge in [-0.2, -0.15) is 0 Å². The minimum absolute atomic E-state index is 0.138. The Labute approximate surface area is 139 Å². The van der Waals surface area contributed by atoms with Crippen LogP contribution in [0.1, 0.15) is 19.4 Å². The third-order valence-electron chi connectivity index (χ3n) is 2.86. The third kappa shape index (κ3) is 5.42. The van der Waals surface area contributed by atoms with Crippen LogP contribution in [-0.2, 0) is 14.3 Å². The minimum Gasteiger partial charge on any atom is -0.495 e. The van der Waals surface area contributed by atoms with Crippen molar-refractivity contribution in [2.45, 2.75) is 26.0 Å². The van der Waals surface area contributed by atoms with E-state index in [1.807, 2.05) is 6.92 Å². The number of rotatable bonds is 7. The van der Waals surface area contributed by atoms with Gasteiger partial charge in [0.05, 0.1) is 30.4 Å². The average Bonchev–Trinajstić information content (AvgIpc) is 2.48. The molecule has 0 heterocycles. The van der Waals surface area contributed by atoms with Crippen LogP contribution in [0.4, 0.5) is 5.69 Å². The second-order valence-electron chi connectivity index (χ2n) is 4.55. The molecule has 0 bridgehead atoms. The highest BCUT2D eigenvalue weighted by atomic mass is 35.5. The van der Waals surface area contributed by atoms with Crippen LogP contribution < -0.4 is 10.1 Å². The van der Waals surface area contributed by atoms with E-state index in [4.69, 9.17) is 21.1 Å². The van der Waals surface area contributed by atoms with Crippen molar-refractivity contribution in [1.82, 2.24) is 0 Å². The van der Waals surface area contributed by atoms with Crippen LogP contribution in [0.25, 0.3) is 0 Å². The Balaban J connectivity index is 2.68. The summed E-state index contributed by atoms with van der Waals surface area (Å²) < 4.78 is 10.0. The van der Waals surface area contributed by atoms with E-state index in [-0.39, 0.29) is 17.6 Å². The van der Waals surface area contributed by atoms with Gasteiger partial charge in [0.25, 0.3) is 0 Å². The molecule has 0 radical (unpaired) electrons. The quantitative estimate of drug-likeness (QED) is 0.768. The molecular weight excluding hydrogens is 326 g/mol. The van der Waals surface area contributed by atoms with E-state index in [9.17, 15) is 9.59 Å². The maximum absolute atomic E-state index is 12.2.